The Labute approximate surface area is 154 Å². The van der Waals surface area contributed by atoms with E-state index in [0.717, 1.165) is 0 Å². The molecule has 1 N–H and O–H groups in total. The summed E-state index contributed by atoms with van der Waals surface area (Å²) in [5, 5.41) is 3.07. The zero-order chi connectivity index (χ0) is 18.0. The van der Waals surface area contributed by atoms with Gasteiger partial charge in [-0.3, -0.25) is 18.9 Å². The zero-order valence-corrected chi connectivity index (χ0v) is 15.2. The first-order chi connectivity index (χ1) is 12.1. The zero-order valence-electron chi connectivity index (χ0n) is 13.6. The number of nitrogens with one attached hydrogen (secondary N) is 1. The van der Waals surface area contributed by atoms with E-state index in [-0.39, 0.29) is 11.5 Å². The molecule has 0 atom stereocenters. The fraction of sp³-hybridized carbons (Fsp3) is 0.176. The lowest BCUT2D eigenvalue weighted by atomic mass is 10.2. The van der Waals surface area contributed by atoms with Gasteiger partial charge >= 0.3 is 0 Å². The Morgan fingerprint density at radius 2 is 2.20 bits per heavy atom. The van der Waals surface area contributed by atoms with E-state index < -0.39 is 0 Å². The number of thiocarbonyl (C=S) groups is 1. The molecule has 2 aromatic rings. The third-order valence-electron chi connectivity index (χ3n) is 3.65. The van der Waals surface area contributed by atoms with E-state index in [0.29, 0.717) is 39.3 Å². The number of thioether (sulfide) groups is 1. The van der Waals surface area contributed by atoms with Gasteiger partial charge in [0.25, 0.3) is 11.5 Å². The summed E-state index contributed by atoms with van der Waals surface area (Å²) in [6.07, 6.45) is 4.89. The molecule has 6 nitrogen and oxygen atoms in total. The summed E-state index contributed by atoms with van der Waals surface area (Å²) in [6, 6.07) is 5.32. The molecule has 2 aromatic heterocycles. The molecule has 1 saturated heterocycles. The van der Waals surface area contributed by atoms with E-state index in [4.69, 9.17) is 12.2 Å². The van der Waals surface area contributed by atoms with E-state index in [2.05, 4.69) is 16.9 Å². The van der Waals surface area contributed by atoms with Gasteiger partial charge in [0.2, 0.25) is 0 Å². The van der Waals surface area contributed by atoms with Gasteiger partial charge in [0.05, 0.1) is 10.5 Å². The fourth-order valence-corrected chi connectivity index (χ4v) is 3.81. The SMILES string of the molecule is C=CCNc1nc2ccccn2c(=O)c1/C=C1/SC(=S)N(CC)C1=O. The average Bonchev–Trinajstić information content (AvgIpc) is 2.88. The standard InChI is InChI=1S/C17H16N4O2S2/c1-3-8-18-14-11(10-12-16(23)20(4-2)17(24)25-12)15(22)21-9-6-5-7-13(21)19-14/h3,5-7,9-10,18H,1,4,8H2,2H3/b12-10+. The van der Waals surface area contributed by atoms with E-state index in [1.165, 1.54) is 21.1 Å². The average molecular weight is 372 g/mol. The highest BCUT2D eigenvalue weighted by atomic mass is 32.2. The summed E-state index contributed by atoms with van der Waals surface area (Å²) < 4.78 is 1.94. The lowest BCUT2D eigenvalue weighted by molar-refractivity contribution is -0.121. The Hall–Kier alpha value is -2.45. The molecule has 3 heterocycles. The molecule has 0 unspecified atom stereocenters. The molecule has 3 rings (SSSR count). The summed E-state index contributed by atoms with van der Waals surface area (Å²) in [5.74, 6) is 0.225. The van der Waals surface area contributed by atoms with Crippen LogP contribution in [-0.4, -0.2) is 37.6 Å². The van der Waals surface area contributed by atoms with Gasteiger partial charge in [-0.05, 0) is 25.1 Å². The third-order valence-corrected chi connectivity index (χ3v) is 5.03. The van der Waals surface area contributed by atoms with Gasteiger partial charge in [0.1, 0.15) is 15.8 Å². The highest BCUT2D eigenvalue weighted by Crippen LogP contribution is 2.32. The molecule has 0 aromatic carbocycles. The predicted molar refractivity (Wildman–Crippen MR) is 106 cm³/mol. The van der Waals surface area contributed by atoms with Crippen LogP contribution in [0.15, 0.2) is 46.8 Å². The first-order valence-electron chi connectivity index (χ1n) is 7.68. The second kappa shape index (κ2) is 7.20. The van der Waals surface area contributed by atoms with Gasteiger partial charge in [-0.2, -0.15) is 0 Å². The lowest BCUT2D eigenvalue weighted by Crippen LogP contribution is -2.27. The van der Waals surface area contributed by atoms with Gasteiger partial charge in [-0.1, -0.05) is 36.1 Å². The molecule has 0 aliphatic carbocycles. The van der Waals surface area contributed by atoms with Crippen LogP contribution in [0.4, 0.5) is 5.82 Å². The van der Waals surface area contributed by atoms with E-state index in [9.17, 15) is 9.59 Å². The van der Waals surface area contributed by atoms with Crippen LogP contribution in [0.25, 0.3) is 11.7 Å². The number of amides is 1. The molecular weight excluding hydrogens is 356 g/mol. The van der Waals surface area contributed by atoms with Crippen molar-refractivity contribution >= 4 is 51.7 Å². The molecular formula is C17H16N4O2S2. The minimum atomic E-state index is -0.251. The van der Waals surface area contributed by atoms with Crippen molar-refractivity contribution in [3.8, 4) is 0 Å². The largest absolute Gasteiger partial charge is 0.366 e. The number of carbonyl (C=O) groups is 1. The van der Waals surface area contributed by atoms with Gasteiger partial charge in [0.15, 0.2) is 0 Å². The number of fused-ring (bicyclic) bond motifs is 1. The van der Waals surface area contributed by atoms with Crippen molar-refractivity contribution in [2.75, 3.05) is 18.4 Å². The Bertz CT molecular complexity index is 965. The molecule has 1 aliphatic rings. The number of nitrogens with zero attached hydrogens (tertiary/aromatic N) is 3. The summed E-state index contributed by atoms with van der Waals surface area (Å²) in [6.45, 7) is 6.47. The molecule has 1 aliphatic heterocycles. The van der Waals surface area contributed by atoms with Crippen molar-refractivity contribution in [1.29, 1.82) is 0 Å². The number of rotatable bonds is 5. The smallest absolute Gasteiger partial charge is 0.267 e. The summed E-state index contributed by atoms with van der Waals surface area (Å²) in [4.78, 5) is 31.7. The monoisotopic (exact) mass is 372 g/mol. The summed E-state index contributed by atoms with van der Waals surface area (Å²) in [7, 11) is 0. The van der Waals surface area contributed by atoms with Gasteiger partial charge in [-0.25, -0.2) is 4.98 Å². The Kier molecular flexibility index (Phi) is 5.00. The van der Waals surface area contributed by atoms with Crippen LogP contribution in [-0.2, 0) is 4.79 Å². The van der Waals surface area contributed by atoms with Gasteiger partial charge in [-0.15, -0.1) is 6.58 Å². The van der Waals surface area contributed by atoms with Crippen molar-refractivity contribution in [1.82, 2.24) is 14.3 Å². The Balaban J connectivity index is 2.17. The first kappa shape index (κ1) is 17.4. The highest BCUT2D eigenvalue weighted by Gasteiger charge is 2.31. The number of likely N-dealkylation sites (N-methyl/N-ethyl adjacent to an activating group) is 1. The Morgan fingerprint density at radius 3 is 2.88 bits per heavy atom. The lowest BCUT2D eigenvalue weighted by Gasteiger charge is -2.10. The van der Waals surface area contributed by atoms with Crippen LogP contribution in [0.2, 0.25) is 0 Å². The molecule has 0 saturated carbocycles. The maximum absolute atomic E-state index is 12.9. The van der Waals surface area contributed by atoms with Crippen molar-refractivity contribution in [3.05, 3.63) is 57.9 Å². The fourth-order valence-electron chi connectivity index (χ4n) is 2.44. The summed E-state index contributed by atoms with van der Waals surface area (Å²) in [5.41, 5.74) is 0.596. The van der Waals surface area contributed by atoms with Crippen molar-refractivity contribution in [2.24, 2.45) is 0 Å². The molecule has 1 fully saturated rings. The third kappa shape index (κ3) is 3.22. The van der Waals surface area contributed by atoms with Crippen LogP contribution < -0.4 is 10.9 Å². The number of anilines is 1. The van der Waals surface area contributed by atoms with Crippen LogP contribution in [0.5, 0.6) is 0 Å². The number of aromatic nitrogens is 2. The van der Waals surface area contributed by atoms with E-state index in [1.54, 1.807) is 30.5 Å². The topological polar surface area (TPSA) is 66.7 Å². The summed E-state index contributed by atoms with van der Waals surface area (Å²) >= 11 is 6.41. The van der Waals surface area contributed by atoms with Gasteiger partial charge in [0, 0.05) is 19.3 Å². The highest BCUT2D eigenvalue weighted by molar-refractivity contribution is 8.26. The maximum Gasteiger partial charge on any atom is 0.267 e. The molecule has 1 amide bonds. The quantitative estimate of drug-likeness (QED) is 0.494. The van der Waals surface area contributed by atoms with Crippen molar-refractivity contribution < 1.29 is 4.79 Å². The molecule has 0 spiro atoms. The molecule has 25 heavy (non-hydrogen) atoms. The number of hydrogen-bond donors (Lipinski definition) is 1. The first-order valence-corrected chi connectivity index (χ1v) is 8.90. The van der Waals surface area contributed by atoms with E-state index in [1.807, 2.05) is 13.0 Å². The molecule has 0 bridgehead atoms. The van der Waals surface area contributed by atoms with Crippen LogP contribution >= 0.6 is 24.0 Å². The van der Waals surface area contributed by atoms with Crippen LogP contribution in [0.3, 0.4) is 0 Å². The second-order valence-electron chi connectivity index (χ2n) is 5.20. The second-order valence-corrected chi connectivity index (χ2v) is 6.88. The molecule has 128 valence electrons. The minimum Gasteiger partial charge on any atom is -0.366 e. The van der Waals surface area contributed by atoms with Crippen molar-refractivity contribution in [3.63, 3.8) is 0 Å². The predicted octanol–water partition coefficient (Wildman–Crippen LogP) is 2.51. The van der Waals surface area contributed by atoms with Crippen LogP contribution in [0.1, 0.15) is 12.5 Å². The molecule has 0 radical (unpaired) electrons. The molecule has 8 heteroatoms. The van der Waals surface area contributed by atoms with Gasteiger partial charge < -0.3 is 5.32 Å². The number of carbonyl (C=O) groups excluding carboxylic acids is 1. The maximum atomic E-state index is 12.9. The number of pyridine rings is 1. The van der Waals surface area contributed by atoms with E-state index >= 15 is 0 Å². The van der Waals surface area contributed by atoms with Crippen molar-refractivity contribution in [2.45, 2.75) is 6.92 Å². The number of hydrogen-bond acceptors (Lipinski definition) is 6. The normalized spacial score (nSPS) is 16.0. The minimum absolute atomic E-state index is 0.190. The Morgan fingerprint density at radius 1 is 1.40 bits per heavy atom. The van der Waals surface area contributed by atoms with Crippen LogP contribution in [0, 0.1) is 0 Å².